The van der Waals surface area contributed by atoms with Crippen molar-refractivity contribution in [3.63, 3.8) is 0 Å². The first-order valence-corrected chi connectivity index (χ1v) is 17.3. The number of hydrogen-bond acceptors (Lipinski definition) is 8. The highest BCUT2D eigenvalue weighted by Crippen LogP contribution is 2.35. The Morgan fingerprint density at radius 1 is 0.723 bits per heavy atom. The lowest BCUT2D eigenvalue weighted by Gasteiger charge is -2.51. The van der Waals surface area contributed by atoms with Gasteiger partial charge in [0.05, 0.1) is 30.3 Å². The second kappa shape index (κ2) is 19.7. The molecule has 12 heteroatoms. The summed E-state index contributed by atoms with van der Waals surface area (Å²) in [5.74, 6) is -3.76. The molecule has 0 amide bonds. The molecule has 0 fully saturated rings. The number of carboxylic acids is 4. The normalized spacial score (nSPS) is 17.0. The highest BCUT2D eigenvalue weighted by molar-refractivity contribution is 5.75. The third-order valence-electron chi connectivity index (χ3n) is 9.86. The van der Waals surface area contributed by atoms with Crippen molar-refractivity contribution in [1.29, 1.82) is 0 Å². The summed E-state index contributed by atoms with van der Waals surface area (Å²) in [5, 5.41) is 40.2. The summed E-state index contributed by atoms with van der Waals surface area (Å²) in [4.78, 5) is 57.3. The lowest BCUT2D eigenvalue weighted by Crippen LogP contribution is -2.62. The van der Waals surface area contributed by atoms with Gasteiger partial charge < -0.3 is 25.3 Å². The van der Waals surface area contributed by atoms with E-state index in [1.807, 2.05) is 53.6 Å². The van der Waals surface area contributed by atoms with Gasteiger partial charge in [0.25, 0.3) is 0 Å². The predicted octanol–water partition coefficient (Wildman–Crippen LogP) is 5.26. The van der Waals surface area contributed by atoms with Gasteiger partial charge in [0.1, 0.15) is 0 Å². The molecule has 0 saturated heterocycles. The molecule has 0 saturated carbocycles. The van der Waals surface area contributed by atoms with E-state index in [0.717, 1.165) is 25.7 Å². The van der Waals surface area contributed by atoms with Crippen LogP contribution in [0.2, 0.25) is 0 Å². The Hall–Kier alpha value is -2.28. The van der Waals surface area contributed by atoms with Gasteiger partial charge in [0.2, 0.25) is 0 Å². The zero-order valence-electron chi connectivity index (χ0n) is 31.4. The number of hydrogen-bond donors (Lipinski definition) is 4. The highest BCUT2D eigenvalue weighted by Gasteiger charge is 2.44. The zero-order chi connectivity index (χ0) is 36.8. The minimum atomic E-state index is -1.10. The molecule has 0 aromatic rings. The summed E-state index contributed by atoms with van der Waals surface area (Å²) in [6.45, 7) is 19.3. The Kier molecular flexibility index (Phi) is 18.7. The lowest BCUT2D eigenvalue weighted by atomic mass is 9.80. The molecule has 0 aliphatic carbocycles. The van der Waals surface area contributed by atoms with Crippen LogP contribution in [0.25, 0.3) is 0 Å². The molecule has 276 valence electrons. The quantitative estimate of drug-likeness (QED) is 0.0839. The molecular weight excluding hydrogens is 604 g/mol. The molecule has 0 aliphatic rings. The first kappa shape index (κ1) is 44.7. The van der Waals surface area contributed by atoms with Crippen molar-refractivity contribution < 1.29 is 39.6 Å². The van der Waals surface area contributed by atoms with Crippen LogP contribution in [-0.2, 0) is 19.2 Å². The number of likely N-dealkylation sites (N-methyl/N-ethyl adjacent to an activating group) is 1. The van der Waals surface area contributed by atoms with Crippen LogP contribution in [-0.4, -0.2) is 135 Å². The number of rotatable bonds is 27. The standard InChI is InChI=1S/C35H68N4O8/c1-12-15-18-33(7,30(44)45)24-37(20-17-28(40)41)26-38(32(5,6)23-36(10)11)22-27(4)39(35(9,14-3)21-29(42)43)25-34(8,31(46)47)19-16-13-2/h27H,12-26H2,1-11H3,(H,40,41)(H,42,43)(H,44,45)(H,46,47)/t27-,33?,34?,35?/m0/s1. The Morgan fingerprint density at radius 2 is 1.21 bits per heavy atom. The van der Waals surface area contributed by atoms with Gasteiger partial charge in [0.15, 0.2) is 0 Å². The number of aliphatic carboxylic acids is 4. The summed E-state index contributed by atoms with van der Waals surface area (Å²) in [6.07, 6.45) is 4.25. The zero-order valence-corrected chi connectivity index (χ0v) is 31.4. The van der Waals surface area contributed by atoms with Gasteiger partial charge in [-0.15, -0.1) is 0 Å². The molecule has 0 spiro atoms. The van der Waals surface area contributed by atoms with Crippen molar-refractivity contribution in [3.05, 3.63) is 0 Å². The van der Waals surface area contributed by atoms with E-state index in [4.69, 9.17) is 0 Å². The van der Waals surface area contributed by atoms with Crippen molar-refractivity contribution in [2.75, 3.05) is 53.5 Å². The summed E-state index contributed by atoms with van der Waals surface area (Å²) >= 11 is 0. The Bertz CT molecular complexity index is 1010. The third-order valence-corrected chi connectivity index (χ3v) is 9.86. The molecule has 0 heterocycles. The van der Waals surface area contributed by atoms with E-state index < -0.39 is 45.8 Å². The van der Waals surface area contributed by atoms with Gasteiger partial charge in [-0.1, -0.05) is 46.5 Å². The third kappa shape index (κ3) is 14.8. The molecule has 0 rings (SSSR count). The summed E-state index contributed by atoms with van der Waals surface area (Å²) in [5.41, 5.74) is -3.48. The van der Waals surface area contributed by atoms with E-state index in [9.17, 15) is 39.6 Å². The van der Waals surface area contributed by atoms with Crippen LogP contribution in [0.3, 0.4) is 0 Å². The van der Waals surface area contributed by atoms with E-state index in [1.54, 1.807) is 13.8 Å². The fourth-order valence-electron chi connectivity index (χ4n) is 6.63. The second-order valence-corrected chi connectivity index (χ2v) is 15.4. The molecule has 0 aromatic carbocycles. The number of nitrogens with zero attached hydrogens (tertiary/aromatic N) is 4. The predicted molar refractivity (Wildman–Crippen MR) is 186 cm³/mol. The van der Waals surface area contributed by atoms with E-state index in [0.29, 0.717) is 32.4 Å². The van der Waals surface area contributed by atoms with E-state index in [-0.39, 0.29) is 45.2 Å². The Labute approximate surface area is 284 Å². The van der Waals surface area contributed by atoms with Crippen LogP contribution in [0, 0.1) is 10.8 Å². The number of carboxylic acid groups (broad SMARTS) is 4. The van der Waals surface area contributed by atoms with Gasteiger partial charge in [-0.3, -0.25) is 33.9 Å². The van der Waals surface area contributed by atoms with Crippen molar-refractivity contribution in [2.45, 2.75) is 137 Å². The van der Waals surface area contributed by atoms with Crippen molar-refractivity contribution >= 4 is 23.9 Å². The lowest BCUT2D eigenvalue weighted by molar-refractivity contribution is -0.154. The minimum absolute atomic E-state index is 0.145. The molecule has 4 atom stereocenters. The van der Waals surface area contributed by atoms with Crippen LogP contribution in [0.5, 0.6) is 0 Å². The average Bonchev–Trinajstić information content (AvgIpc) is 2.94. The fraction of sp³-hybridized carbons (Fsp3) is 0.886. The van der Waals surface area contributed by atoms with Crippen LogP contribution in [0.15, 0.2) is 0 Å². The van der Waals surface area contributed by atoms with Gasteiger partial charge in [-0.05, 0) is 74.9 Å². The second-order valence-electron chi connectivity index (χ2n) is 15.4. The van der Waals surface area contributed by atoms with Crippen molar-refractivity contribution in [1.82, 2.24) is 19.6 Å². The molecule has 0 aromatic heterocycles. The van der Waals surface area contributed by atoms with Crippen molar-refractivity contribution in [3.8, 4) is 0 Å². The summed E-state index contributed by atoms with van der Waals surface area (Å²) in [6, 6.07) is -0.298. The SMILES string of the molecule is CCCCC(C)(CN(CCC(=O)O)CN(C[C@H](C)N(CC(C)(CCCC)C(=O)O)C(C)(CC)CC(=O)O)C(C)(C)CN(C)C)C(=O)O. The van der Waals surface area contributed by atoms with Crippen LogP contribution in [0.1, 0.15) is 120 Å². The molecule has 0 bridgehead atoms. The molecule has 3 unspecified atom stereocenters. The molecular formula is C35H68N4O8. The highest BCUT2D eigenvalue weighted by atomic mass is 16.4. The first-order chi connectivity index (χ1) is 21.5. The maximum Gasteiger partial charge on any atom is 0.310 e. The van der Waals surface area contributed by atoms with Gasteiger partial charge in [-0.2, -0.15) is 0 Å². The number of unbranched alkanes of at least 4 members (excludes halogenated alkanes) is 2. The van der Waals surface area contributed by atoms with Crippen LogP contribution in [0.4, 0.5) is 0 Å². The average molecular weight is 673 g/mol. The van der Waals surface area contributed by atoms with Gasteiger partial charge in [0, 0.05) is 49.8 Å². The number of carbonyl (C=O) groups is 4. The molecule has 0 radical (unpaired) electrons. The van der Waals surface area contributed by atoms with Crippen LogP contribution < -0.4 is 0 Å². The molecule has 0 aliphatic heterocycles. The van der Waals surface area contributed by atoms with Crippen LogP contribution >= 0.6 is 0 Å². The maximum atomic E-state index is 12.7. The van der Waals surface area contributed by atoms with Gasteiger partial charge in [-0.25, -0.2) is 0 Å². The summed E-state index contributed by atoms with van der Waals surface area (Å²) in [7, 11) is 3.94. The molecule has 4 N–H and O–H groups in total. The first-order valence-electron chi connectivity index (χ1n) is 17.3. The smallest absolute Gasteiger partial charge is 0.310 e. The Balaban J connectivity index is 7.02. The van der Waals surface area contributed by atoms with E-state index in [1.165, 1.54) is 0 Å². The fourth-order valence-corrected chi connectivity index (χ4v) is 6.63. The van der Waals surface area contributed by atoms with E-state index >= 15 is 0 Å². The largest absolute Gasteiger partial charge is 0.481 e. The summed E-state index contributed by atoms with van der Waals surface area (Å²) < 4.78 is 0. The van der Waals surface area contributed by atoms with Crippen molar-refractivity contribution in [2.24, 2.45) is 10.8 Å². The minimum Gasteiger partial charge on any atom is -0.481 e. The Morgan fingerprint density at radius 3 is 1.60 bits per heavy atom. The maximum absolute atomic E-state index is 12.7. The van der Waals surface area contributed by atoms with E-state index in [2.05, 4.69) is 28.5 Å². The molecule has 47 heavy (non-hydrogen) atoms. The topological polar surface area (TPSA) is 162 Å². The van der Waals surface area contributed by atoms with Gasteiger partial charge >= 0.3 is 23.9 Å². The molecule has 12 nitrogen and oxygen atoms in total. The monoisotopic (exact) mass is 673 g/mol.